The Hall–Kier alpha value is -1.95. The first-order chi connectivity index (χ1) is 14.8. The normalized spacial score (nSPS) is 13.3. The second-order valence-corrected chi connectivity index (χ2v) is 9.09. The average molecular weight is 437 g/mol. The summed E-state index contributed by atoms with van der Waals surface area (Å²) in [7, 11) is 1.68. The molecule has 1 aromatic rings. The van der Waals surface area contributed by atoms with Gasteiger partial charge in [0.15, 0.2) is 11.5 Å². The molecule has 0 spiro atoms. The van der Waals surface area contributed by atoms with Crippen molar-refractivity contribution >= 4 is 5.97 Å². The summed E-state index contributed by atoms with van der Waals surface area (Å²) in [4.78, 5) is 12.0. The number of benzene rings is 1. The van der Waals surface area contributed by atoms with Gasteiger partial charge in [-0.05, 0) is 48.8 Å². The lowest BCUT2D eigenvalue weighted by atomic mass is 9.66. The van der Waals surface area contributed by atoms with E-state index in [4.69, 9.17) is 18.9 Å². The van der Waals surface area contributed by atoms with Crippen LogP contribution in [0.1, 0.15) is 71.8 Å². The Morgan fingerprint density at radius 2 is 1.74 bits per heavy atom. The van der Waals surface area contributed by atoms with E-state index in [1.54, 1.807) is 7.11 Å². The van der Waals surface area contributed by atoms with E-state index in [0.29, 0.717) is 19.0 Å². The summed E-state index contributed by atoms with van der Waals surface area (Å²) in [5, 5.41) is 9.87. The van der Waals surface area contributed by atoms with Crippen LogP contribution in [0, 0.1) is 17.3 Å². The highest BCUT2D eigenvalue weighted by Crippen LogP contribution is 2.43. The van der Waals surface area contributed by atoms with Crippen LogP contribution in [0.25, 0.3) is 0 Å². The summed E-state index contributed by atoms with van der Waals surface area (Å²) >= 11 is 0. The molecule has 0 unspecified atom stereocenters. The molecule has 1 aliphatic rings. The van der Waals surface area contributed by atoms with E-state index >= 15 is 0 Å². The first-order valence-corrected chi connectivity index (χ1v) is 11.6. The minimum Gasteiger partial charge on any atom is -0.489 e. The number of ether oxygens (including phenoxy) is 4. The molecule has 0 atom stereocenters. The average Bonchev–Trinajstić information content (AvgIpc) is 3.18. The van der Waals surface area contributed by atoms with Crippen LogP contribution in [0.4, 0.5) is 0 Å². The minimum absolute atomic E-state index is 0.126. The number of carbonyl (C=O) groups is 1. The predicted octanol–water partition coefficient (Wildman–Crippen LogP) is 5.71. The number of methoxy groups -OCH3 is 1. The van der Waals surface area contributed by atoms with Gasteiger partial charge in [0.1, 0.15) is 0 Å². The lowest BCUT2D eigenvalue weighted by Gasteiger charge is -2.37. The second kappa shape index (κ2) is 12.2. The molecule has 0 bridgehead atoms. The van der Waals surface area contributed by atoms with Crippen LogP contribution in [-0.2, 0) is 16.0 Å². The highest BCUT2D eigenvalue weighted by molar-refractivity contribution is 5.75. The number of aliphatic carboxylic acids is 1. The van der Waals surface area contributed by atoms with Crippen molar-refractivity contribution in [1.82, 2.24) is 0 Å². The van der Waals surface area contributed by atoms with Crippen LogP contribution in [0.15, 0.2) is 12.1 Å². The van der Waals surface area contributed by atoms with Gasteiger partial charge in [-0.3, -0.25) is 4.79 Å². The zero-order valence-corrected chi connectivity index (χ0v) is 19.9. The third kappa shape index (κ3) is 6.52. The van der Waals surface area contributed by atoms with Crippen LogP contribution in [-0.4, -0.2) is 38.2 Å². The number of aryl methyl sites for hydroxylation is 1. The summed E-state index contributed by atoms with van der Waals surface area (Å²) in [5.41, 5.74) is 0.544. The molecule has 6 nitrogen and oxygen atoms in total. The smallest absolute Gasteiger partial charge is 0.310 e. The first kappa shape index (κ1) is 25.3. The van der Waals surface area contributed by atoms with Crippen molar-refractivity contribution in [2.75, 3.05) is 27.1 Å². The van der Waals surface area contributed by atoms with Gasteiger partial charge in [-0.1, -0.05) is 47.0 Å². The topological polar surface area (TPSA) is 74.2 Å². The molecule has 31 heavy (non-hydrogen) atoms. The number of hydrogen-bond acceptors (Lipinski definition) is 5. The Labute approximate surface area is 187 Å². The second-order valence-electron chi connectivity index (χ2n) is 9.09. The minimum atomic E-state index is -0.657. The summed E-state index contributed by atoms with van der Waals surface area (Å²) in [6.45, 7) is 9.58. The number of carboxylic acids is 1. The summed E-state index contributed by atoms with van der Waals surface area (Å²) < 4.78 is 22.1. The Balaban J connectivity index is 1.84. The molecule has 0 aromatic heterocycles. The lowest BCUT2D eigenvalue weighted by molar-refractivity contribution is -0.156. The van der Waals surface area contributed by atoms with Gasteiger partial charge in [-0.15, -0.1) is 0 Å². The van der Waals surface area contributed by atoms with E-state index in [1.807, 2.05) is 39.8 Å². The Bertz CT molecular complexity index is 689. The molecule has 176 valence electrons. The maximum absolute atomic E-state index is 12.0. The van der Waals surface area contributed by atoms with E-state index in [-0.39, 0.29) is 18.6 Å². The summed E-state index contributed by atoms with van der Waals surface area (Å²) in [5.74, 6) is 1.77. The fourth-order valence-corrected chi connectivity index (χ4v) is 4.61. The van der Waals surface area contributed by atoms with E-state index in [1.165, 1.54) is 5.56 Å². The molecule has 1 N–H and O–H groups in total. The number of unbranched alkanes of at least 4 members (excludes halogenated alkanes) is 3. The van der Waals surface area contributed by atoms with Crippen molar-refractivity contribution in [2.24, 2.45) is 17.3 Å². The lowest BCUT2D eigenvalue weighted by Crippen LogP contribution is -2.41. The third-order valence-electron chi connectivity index (χ3n) is 6.51. The van der Waals surface area contributed by atoms with Crippen molar-refractivity contribution < 1.29 is 28.8 Å². The van der Waals surface area contributed by atoms with Gasteiger partial charge >= 0.3 is 5.97 Å². The van der Waals surface area contributed by atoms with E-state index in [2.05, 4.69) is 0 Å². The molecule has 1 heterocycles. The van der Waals surface area contributed by atoms with Crippen LogP contribution in [0.3, 0.4) is 0 Å². The monoisotopic (exact) mass is 436 g/mol. The number of carboxylic acid groups (broad SMARTS) is 1. The van der Waals surface area contributed by atoms with Crippen LogP contribution in [0.2, 0.25) is 0 Å². The first-order valence-electron chi connectivity index (χ1n) is 11.6. The quantitative estimate of drug-likeness (QED) is 0.355. The van der Waals surface area contributed by atoms with Gasteiger partial charge in [0, 0.05) is 20.1 Å². The molecular formula is C25H40O6. The number of rotatable bonds is 15. The van der Waals surface area contributed by atoms with E-state index < -0.39 is 11.4 Å². The zero-order valence-electron chi connectivity index (χ0n) is 19.9. The Morgan fingerprint density at radius 3 is 2.39 bits per heavy atom. The highest BCUT2D eigenvalue weighted by Gasteiger charge is 2.43. The largest absolute Gasteiger partial charge is 0.489 e. The van der Waals surface area contributed by atoms with Crippen LogP contribution < -0.4 is 14.2 Å². The van der Waals surface area contributed by atoms with Crippen LogP contribution >= 0.6 is 0 Å². The SMILES string of the molecule is COCCCOc1cc(CCCCCCC(C(=O)O)(C(C)C)C(C)C)cc2c1OCO2. The molecule has 0 saturated heterocycles. The maximum Gasteiger partial charge on any atom is 0.310 e. The van der Waals surface area contributed by atoms with Crippen LogP contribution in [0.5, 0.6) is 17.2 Å². The number of hydrogen-bond donors (Lipinski definition) is 1. The third-order valence-corrected chi connectivity index (χ3v) is 6.51. The molecule has 0 saturated carbocycles. The molecule has 0 aliphatic carbocycles. The van der Waals surface area contributed by atoms with Gasteiger partial charge in [0.05, 0.1) is 12.0 Å². The van der Waals surface area contributed by atoms with Gasteiger partial charge in [-0.2, -0.15) is 0 Å². The van der Waals surface area contributed by atoms with Gasteiger partial charge in [0.2, 0.25) is 12.5 Å². The Kier molecular flexibility index (Phi) is 9.94. The Morgan fingerprint density at radius 1 is 1.03 bits per heavy atom. The van der Waals surface area contributed by atoms with E-state index in [0.717, 1.165) is 56.4 Å². The van der Waals surface area contributed by atoms with Crippen molar-refractivity contribution in [2.45, 2.75) is 72.6 Å². The fraction of sp³-hybridized carbons (Fsp3) is 0.720. The molecule has 1 aliphatic heterocycles. The van der Waals surface area contributed by atoms with Gasteiger partial charge in [0.25, 0.3) is 0 Å². The molecule has 1 aromatic carbocycles. The van der Waals surface area contributed by atoms with Gasteiger partial charge < -0.3 is 24.1 Å². The summed E-state index contributed by atoms with van der Waals surface area (Å²) in [6, 6.07) is 4.09. The predicted molar refractivity (Wildman–Crippen MR) is 121 cm³/mol. The highest BCUT2D eigenvalue weighted by atomic mass is 16.7. The molecular weight excluding hydrogens is 396 g/mol. The van der Waals surface area contributed by atoms with Crippen molar-refractivity contribution in [3.8, 4) is 17.2 Å². The fourth-order valence-electron chi connectivity index (χ4n) is 4.61. The molecule has 2 rings (SSSR count). The molecule has 0 radical (unpaired) electrons. The standard InChI is InChI=1S/C25H40O6/c1-18(2)25(19(3)4,24(26)27)12-9-7-6-8-11-20-15-21(29-14-10-13-28-5)23-22(16-20)30-17-31-23/h15-16,18-19H,6-14,17H2,1-5H3,(H,26,27). The van der Waals surface area contributed by atoms with Gasteiger partial charge in [-0.25, -0.2) is 0 Å². The molecule has 0 fully saturated rings. The zero-order chi connectivity index (χ0) is 22.9. The van der Waals surface area contributed by atoms with Crippen molar-refractivity contribution in [3.63, 3.8) is 0 Å². The maximum atomic E-state index is 12.0. The molecule has 6 heteroatoms. The summed E-state index contributed by atoms with van der Waals surface area (Å²) in [6.07, 6.45) is 6.60. The molecule has 0 amide bonds. The van der Waals surface area contributed by atoms with Crippen molar-refractivity contribution in [1.29, 1.82) is 0 Å². The van der Waals surface area contributed by atoms with E-state index in [9.17, 15) is 9.90 Å². The van der Waals surface area contributed by atoms with Crippen molar-refractivity contribution in [3.05, 3.63) is 17.7 Å². The number of fused-ring (bicyclic) bond motifs is 1.